The Balaban J connectivity index is 1.82. The number of carbonyl (C=O) groups excluding carboxylic acids is 2. The summed E-state index contributed by atoms with van der Waals surface area (Å²) in [6, 6.07) is 27.0. The molecule has 0 aliphatic heterocycles. The number of benzene rings is 4. The zero-order valence-electron chi connectivity index (χ0n) is 26.4. The molecule has 0 fully saturated rings. The van der Waals surface area contributed by atoms with Gasteiger partial charge in [-0.3, -0.25) is 13.9 Å². The number of aryl methyl sites for hydroxylation is 2. The Bertz CT molecular complexity index is 1730. The lowest BCUT2D eigenvalue weighted by molar-refractivity contribution is -0.140. The first-order chi connectivity index (χ1) is 21.8. The van der Waals surface area contributed by atoms with Gasteiger partial charge in [-0.15, -0.1) is 0 Å². The van der Waals surface area contributed by atoms with Gasteiger partial charge in [-0.25, -0.2) is 8.42 Å². The summed E-state index contributed by atoms with van der Waals surface area (Å²) in [6.07, 6.45) is 0.232. The first-order valence-corrected chi connectivity index (χ1v) is 17.2. The number of halogens is 2. The van der Waals surface area contributed by atoms with Gasteiger partial charge in [0, 0.05) is 29.6 Å². The molecule has 1 N–H and O–H groups in total. The van der Waals surface area contributed by atoms with Crippen LogP contribution in [0.2, 0.25) is 10.0 Å². The van der Waals surface area contributed by atoms with E-state index in [1.54, 1.807) is 12.1 Å². The molecule has 46 heavy (non-hydrogen) atoms. The number of anilines is 1. The van der Waals surface area contributed by atoms with Crippen LogP contribution < -0.4 is 9.62 Å². The van der Waals surface area contributed by atoms with Crippen LogP contribution in [0.15, 0.2) is 102 Å². The normalized spacial score (nSPS) is 12.1. The number of hydrogen-bond acceptors (Lipinski definition) is 4. The molecule has 10 heteroatoms. The summed E-state index contributed by atoms with van der Waals surface area (Å²) in [6.45, 7) is 7.72. The Morgan fingerprint density at radius 3 is 1.91 bits per heavy atom. The van der Waals surface area contributed by atoms with Gasteiger partial charge in [0.25, 0.3) is 10.0 Å². The number of sulfonamides is 1. The van der Waals surface area contributed by atoms with Crippen LogP contribution >= 0.6 is 23.2 Å². The first kappa shape index (κ1) is 35.0. The molecule has 0 bridgehead atoms. The van der Waals surface area contributed by atoms with Crippen LogP contribution in [0.3, 0.4) is 0 Å². The summed E-state index contributed by atoms with van der Waals surface area (Å²) in [5.74, 6) is -0.699. The van der Waals surface area contributed by atoms with E-state index < -0.39 is 28.5 Å². The van der Waals surface area contributed by atoms with Crippen LogP contribution in [0.1, 0.15) is 36.1 Å². The number of amides is 2. The predicted molar refractivity (Wildman–Crippen MR) is 186 cm³/mol. The smallest absolute Gasteiger partial charge is 0.264 e. The molecule has 4 rings (SSSR count). The number of rotatable bonds is 13. The average Bonchev–Trinajstić information content (AvgIpc) is 3.01. The van der Waals surface area contributed by atoms with Gasteiger partial charge < -0.3 is 10.2 Å². The average molecular weight is 681 g/mol. The van der Waals surface area contributed by atoms with Crippen LogP contribution in [-0.4, -0.2) is 44.3 Å². The summed E-state index contributed by atoms with van der Waals surface area (Å²) in [5, 5.41) is 3.42. The second kappa shape index (κ2) is 15.6. The van der Waals surface area contributed by atoms with Crippen molar-refractivity contribution < 1.29 is 18.0 Å². The molecule has 1 atom stereocenters. The molecule has 0 saturated carbocycles. The van der Waals surface area contributed by atoms with Crippen molar-refractivity contribution >= 4 is 50.7 Å². The largest absolute Gasteiger partial charge is 0.354 e. The Morgan fingerprint density at radius 2 is 1.35 bits per heavy atom. The van der Waals surface area contributed by atoms with Crippen LogP contribution in [0.25, 0.3) is 0 Å². The number of hydrogen-bond donors (Lipinski definition) is 1. The Kier molecular flexibility index (Phi) is 11.9. The lowest BCUT2D eigenvalue weighted by Crippen LogP contribution is -2.53. The lowest BCUT2D eigenvalue weighted by atomic mass is 10.0. The van der Waals surface area contributed by atoms with E-state index in [1.165, 1.54) is 35.2 Å². The van der Waals surface area contributed by atoms with Crippen LogP contribution in [0.4, 0.5) is 5.69 Å². The third-order valence-electron chi connectivity index (χ3n) is 7.45. The minimum absolute atomic E-state index is 0.00240. The molecule has 2 amide bonds. The summed E-state index contributed by atoms with van der Waals surface area (Å²) in [5.41, 5.74) is 3.72. The van der Waals surface area contributed by atoms with Gasteiger partial charge in [0.1, 0.15) is 12.6 Å². The molecule has 0 heterocycles. The van der Waals surface area contributed by atoms with Crippen LogP contribution in [-0.2, 0) is 32.6 Å². The summed E-state index contributed by atoms with van der Waals surface area (Å²) < 4.78 is 29.4. The molecule has 0 aliphatic rings. The maximum Gasteiger partial charge on any atom is 0.264 e. The zero-order chi connectivity index (χ0) is 33.4. The van der Waals surface area contributed by atoms with Gasteiger partial charge in [0.15, 0.2) is 0 Å². The van der Waals surface area contributed by atoms with Crippen LogP contribution in [0, 0.1) is 19.8 Å². The van der Waals surface area contributed by atoms with Crippen molar-refractivity contribution in [1.82, 2.24) is 10.2 Å². The molecule has 1 unspecified atom stereocenters. The molecule has 7 nitrogen and oxygen atoms in total. The second-order valence-electron chi connectivity index (χ2n) is 11.8. The highest BCUT2D eigenvalue weighted by Crippen LogP contribution is 2.30. The number of carbonyl (C=O) groups is 2. The number of nitrogens with one attached hydrogen (secondary N) is 1. The predicted octanol–water partition coefficient (Wildman–Crippen LogP) is 7.22. The van der Waals surface area contributed by atoms with E-state index in [0.29, 0.717) is 6.54 Å². The van der Waals surface area contributed by atoms with Gasteiger partial charge in [0.05, 0.1) is 10.6 Å². The Hall–Kier alpha value is -3.85. The molecule has 0 saturated heterocycles. The molecular weight excluding hydrogens is 641 g/mol. The molecule has 0 aliphatic carbocycles. The molecule has 0 aromatic heterocycles. The quantitative estimate of drug-likeness (QED) is 0.162. The number of nitrogens with zero attached hydrogens (tertiary/aromatic N) is 2. The first-order valence-electron chi connectivity index (χ1n) is 15.1. The van der Waals surface area contributed by atoms with E-state index in [4.69, 9.17) is 23.2 Å². The monoisotopic (exact) mass is 679 g/mol. The van der Waals surface area contributed by atoms with E-state index in [0.717, 1.165) is 26.6 Å². The topological polar surface area (TPSA) is 86.8 Å². The van der Waals surface area contributed by atoms with Crippen molar-refractivity contribution in [2.75, 3.05) is 17.4 Å². The van der Waals surface area contributed by atoms with Gasteiger partial charge in [-0.1, -0.05) is 115 Å². The van der Waals surface area contributed by atoms with Gasteiger partial charge in [-0.05, 0) is 61.2 Å². The van der Waals surface area contributed by atoms with Crippen molar-refractivity contribution in [2.24, 2.45) is 5.92 Å². The summed E-state index contributed by atoms with van der Waals surface area (Å²) in [7, 11) is -4.27. The van der Waals surface area contributed by atoms with Gasteiger partial charge in [-0.2, -0.15) is 0 Å². The molecule has 0 radical (unpaired) electrons. The van der Waals surface area contributed by atoms with Gasteiger partial charge >= 0.3 is 0 Å². The van der Waals surface area contributed by atoms with Crippen molar-refractivity contribution in [3.8, 4) is 0 Å². The highest BCUT2D eigenvalue weighted by atomic mass is 35.5. The van der Waals surface area contributed by atoms with E-state index >= 15 is 0 Å². The fourth-order valence-corrected chi connectivity index (χ4v) is 6.83. The molecular formula is C36H39Cl2N3O4S. The maximum atomic E-state index is 14.5. The third-order valence-corrected chi connectivity index (χ3v) is 9.68. The summed E-state index contributed by atoms with van der Waals surface area (Å²) in [4.78, 5) is 29.9. The Morgan fingerprint density at radius 1 is 0.783 bits per heavy atom. The van der Waals surface area contributed by atoms with E-state index in [1.807, 2.05) is 82.3 Å². The molecule has 4 aromatic carbocycles. The maximum absolute atomic E-state index is 14.5. The van der Waals surface area contributed by atoms with E-state index in [-0.39, 0.29) is 45.4 Å². The highest BCUT2D eigenvalue weighted by molar-refractivity contribution is 7.92. The fourth-order valence-electron chi connectivity index (χ4n) is 4.92. The van der Waals surface area contributed by atoms with Crippen molar-refractivity contribution in [2.45, 2.75) is 51.6 Å². The van der Waals surface area contributed by atoms with Crippen molar-refractivity contribution in [1.29, 1.82) is 0 Å². The Labute approximate surface area is 282 Å². The van der Waals surface area contributed by atoms with Crippen molar-refractivity contribution in [3.05, 3.63) is 129 Å². The summed E-state index contributed by atoms with van der Waals surface area (Å²) >= 11 is 12.6. The second-order valence-corrected chi connectivity index (χ2v) is 14.5. The van der Waals surface area contributed by atoms with E-state index in [2.05, 4.69) is 5.32 Å². The molecule has 4 aromatic rings. The van der Waals surface area contributed by atoms with E-state index in [9.17, 15) is 18.0 Å². The fraction of sp³-hybridized carbons (Fsp3) is 0.278. The van der Waals surface area contributed by atoms with Crippen LogP contribution in [0.5, 0.6) is 0 Å². The molecule has 0 spiro atoms. The lowest BCUT2D eigenvalue weighted by Gasteiger charge is -2.34. The molecule has 242 valence electrons. The zero-order valence-corrected chi connectivity index (χ0v) is 28.7. The highest BCUT2D eigenvalue weighted by Gasteiger charge is 2.35. The standard InChI is InChI=1S/C36H39Cl2N3O4S/c1-25(2)22-39-36(43)34(18-28-8-6-5-7-9-28)40(23-29-14-10-26(3)11-15-29)35(42)24-41(32-20-30(37)19-31(38)21-32)46(44,45)33-16-12-27(4)13-17-33/h5-17,19-21,25,34H,18,22-24H2,1-4H3,(H,39,43). The third kappa shape index (κ3) is 9.34. The SMILES string of the molecule is Cc1ccc(CN(C(=O)CN(c2cc(Cl)cc(Cl)c2)S(=O)(=O)c2ccc(C)cc2)C(Cc2ccccc2)C(=O)NCC(C)C)cc1. The minimum atomic E-state index is -4.27. The van der Waals surface area contributed by atoms with Gasteiger partial charge in [0.2, 0.25) is 11.8 Å². The minimum Gasteiger partial charge on any atom is -0.354 e. The van der Waals surface area contributed by atoms with Crippen molar-refractivity contribution in [3.63, 3.8) is 0 Å².